The normalized spacial score (nSPS) is 12.7. The Morgan fingerprint density at radius 2 is 1.78 bits per heavy atom. The van der Waals surface area contributed by atoms with Gasteiger partial charge < -0.3 is 10.6 Å². The standard InChI is InChI=1S/C17H20FN3OS/c1-19-17(21-13-14-7-5-6-10-16(14)18)20-11-12-23(22)15-8-3-2-4-9-15/h2-10H,11-13H2,1H3,(H2,19,20,21). The molecular weight excluding hydrogens is 313 g/mol. The molecule has 2 aromatic carbocycles. The predicted molar refractivity (Wildman–Crippen MR) is 92.3 cm³/mol. The fraction of sp³-hybridized carbons (Fsp3) is 0.235. The van der Waals surface area contributed by atoms with Crippen LogP contribution in [0.1, 0.15) is 5.56 Å². The monoisotopic (exact) mass is 333 g/mol. The van der Waals surface area contributed by atoms with Gasteiger partial charge in [-0.15, -0.1) is 0 Å². The number of benzene rings is 2. The summed E-state index contributed by atoms with van der Waals surface area (Å²) < 4.78 is 25.6. The van der Waals surface area contributed by atoms with Crippen molar-refractivity contribution in [3.63, 3.8) is 0 Å². The second kappa shape index (κ2) is 9.05. The molecule has 0 aliphatic rings. The minimum absolute atomic E-state index is 0.249. The van der Waals surface area contributed by atoms with Gasteiger partial charge >= 0.3 is 0 Å². The van der Waals surface area contributed by atoms with E-state index in [2.05, 4.69) is 15.6 Å². The van der Waals surface area contributed by atoms with Crippen LogP contribution in [-0.2, 0) is 17.3 Å². The first-order valence-electron chi connectivity index (χ1n) is 7.32. The van der Waals surface area contributed by atoms with Crippen LogP contribution in [0.5, 0.6) is 0 Å². The molecule has 0 saturated heterocycles. The van der Waals surface area contributed by atoms with Crippen molar-refractivity contribution >= 4 is 16.8 Å². The summed E-state index contributed by atoms with van der Waals surface area (Å²) in [5.41, 5.74) is 0.573. The molecule has 2 rings (SSSR count). The van der Waals surface area contributed by atoms with Crippen LogP contribution < -0.4 is 10.6 Å². The van der Waals surface area contributed by atoms with E-state index in [-0.39, 0.29) is 5.82 Å². The van der Waals surface area contributed by atoms with Gasteiger partial charge in [0.1, 0.15) is 5.82 Å². The fourth-order valence-electron chi connectivity index (χ4n) is 1.99. The van der Waals surface area contributed by atoms with Crippen LogP contribution in [0.25, 0.3) is 0 Å². The molecule has 0 aliphatic heterocycles. The molecule has 0 heterocycles. The molecule has 0 saturated carbocycles. The van der Waals surface area contributed by atoms with E-state index in [9.17, 15) is 8.60 Å². The number of hydrogen-bond acceptors (Lipinski definition) is 2. The van der Waals surface area contributed by atoms with Gasteiger partial charge in [0.05, 0.1) is 10.8 Å². The first-order valence-corrected chi connectivity index (χ1v) is 8.64. The molecule has 23 heavy (non-hydrogen) atoms. The maximum Gasteiger partial charge on any atom is 0.191 e. The molecular formula is C17H20FN3OS. The molecule has 1 atom stereocenters. The Labute approximate surface area is 138 Å². The van der Waals surface area contributed by atoms with Gasteiger partial charge in [0.25, 0.3) is 0 Å². The van der Waals surface area contributed by atoms with Gasteiger partial charge in [-0.05, 0) is 18.2 Å². The summed E-state index contributed by atoms with van der Waals surface area (Å²) in [4.78, 5) is 4.88. The van der Waals surface area contributed by atoms with Crippen molar-refractivity contribution in [2.24, 2.45) is 4.99 Å². The van der Waals surface area contributed by atoms with Crippen molar-refractivity contribution in [2.45, 2.75) is 11.4 Å². The van der Waals surface area contributed by atoms with Gasteiger partial charge in [-0.1, -0.05) is 36.4 Å². The molecule has 2 aromatic rings. The van der Waals surface area contributed by atoms with Crippen molar-refractivity contribution < 1.29 is 8.60 Å². The van der Waals surface area contributed by atoms with E-state index >= 15 is 0 Å². The summed E-state index contributed by atoms with van der Waals surface area (Å²) in [5.74, 6) is 0.781. The number of halogens is 1. The molecule has 1 unspecified atom stereocenters. The van der Waals surface area contributed by atoms with E-state index in [4.69, 9.17) is 0 Å². The zero-order valence-corrected chi connectivity index (χ0v) is 13.8. The molecule has 4 nitrogen and oxygen atoms in total. The summed E-state index contributed by atoms with van der Waals surface area (Å²) in [6.07, 6.45) is 0. The van der Waals surface area contributed by atoms with Crippen LogP contribution in [0.2, 0.25) is 0 Å². The Morgan fingerprint density at radius 3 is 2.48 bits per heavy atom. The Hall–Kier alpha value is -2.21. The number of rotatable bonds is 6. The van der Waals surface area contributed by atoms with Crippen molar-refractivity contribution in [2.75, 3.05) is 19.3 Å². The largest absolute Gasteiger partial charge is 0.355 e. The zero-order valence-electron chi connectivity index (χ0n) is 13.0. The highest BCUT2D eigenvalue weighted by atomic mass is 32.2. The number of guanidine groups is 1. The third-order valence-electron chi connectivity index (χ3n) is 3.21. The molecule has 0 radical (unpaired) electrons. The van der Waals surface area contributed by atoms with E-state index in [1.807, 2.05) is 30.3 Å². The Bertz CT molecular complexity index is 677. The minimum atomic E-state index is -1.05. The lowest BCUT2D eigenvalue weighted by atomic mass is 10.2. The fourth-order valence-corrected chi connectivity index (χ4v) is 2.98. The van der Waals surface area contributed by atoms with Crippen molar-refractivity contribution in [1.29, 1.82) is 0 Å². The number of aliphatic imine (C=N–C) groups is 1. The minimum Gasteiger partial charge on any atom is -0.355 e. The maximum absolute atomic E-state index is 13.5. The number of hydrogen-bond donors (Lipinski definition) is 2. The summed E-state index contributed by atoms with van der Waals surface area (Å²) in [6.45, 7) is 0.854. The highest BCUT2D eigenvalue weighted by molar-refractivity contribution is 7.85. The summed E-state index contributed by atoms with van der Waals surface area (Å²) in [5, 5.41) is 6.12. The van der Waals surface area contributed by atoms with Gasteiger partial charge in [-0.2, -0.15) is 0 Å². The Balaban J connectivity index is 1.77. The van der Waals surface area contributed by atoms with Gasteiger partial charge in [0.15, 0.2) is 5.96 Å². The van der Waals surface area contributed by atoms with Gasteiger partial charge in [-0.3, -0.25) is 9.20 Å². The number of nitrogens with zero attached hydrogens (tertiary/aromatic N) is 1. The molecule has 0 fully saturated rings. The molecule has 0 bridgehead atoms. The highest BCUT2D eigenvalue weighted by Gasteiger charge is 2.05. The quantitative estimate of drug-likeness (QED) is 0.630. The molecule has 0 aliphatic carbocycles. The van der Waals surface area contributed by atoms with Crippen molar-refractivity contribution in [3.05, 3.63) is 66.0 Å². The smallest absolute Gasteiger partial charge is 0.191 e. The molecule has 0 spiro atoms. The van der Waals surface area contributed by atoms with E-state index in [1.165, 1.54) is 6.07 Å². The van der Waals surface area contributed by atoms with Crippen LogP contribution >= 0.6 is 0 Å². The van der Waals surface area contributed by atoms with Crippen LogP contribution in [0.4, 0.5) is 4.39 Å². The molecule has 6 heteroatoms. The van der Waals surface area contributed by atoms with Gasteiger partial charge in [0.2, 0.25) is 0 Å². The van der Waals surface area contributed by atoms with Crippen LogP contribution in [0.3, 0.4) is 0 Å². The second-order valence-corrected chi connectivity index (χ2v) is 6.38. The lowest BCUT2D eigenvalue weighted by molar-refractivity contribution is 0.605. The molecule has 0 amide bonds. The van der Waals surface area contributed by atoms with Gasteiger partial charge in [-0.25, -0.2) is 4.39 Å². The lowest BCUT2D eigenvalue weighted by Crippen LogP contribution is -2.38. The van der Waals surface area contributed by atoms with E-state index in [1.54, 1.807) is 25.2 Å². The lowest BCUT2D eigenvalue weighted by Gasteiger charge is -2.12. The molecule has 122 valence electrons. The van der Waals surface area contributed by atoms with E-state index in [0.29, 0.717) is 30.4 Å². The third-order valence-corrected chi connectivity index (χ3v) is 4.59. The highest BCUT2D eigenvalue weighted by Crippen LogP contribution is 2.06. The first-order chi connectivity index (χ1) is 11.2. The maximum atomic E-state index is 13.5. The van der Waals surface area contributed by atoms with Crippen molar-refractivity contribution in [1.82, 2.24) is 10.6 Å². The number of nitrogens with one attached hydrogen (secondary N) is 2. The average Bonchev–Trinajstić information content (AvgIpc) is 2.59. The van der Waals surface area contributed by atoms with Crippen LogP contribution in [0.15, 0.2) is 64.5 Å². The Morgan fingerprint density at radius 1 is 1.09 bits per heavy atom. The van der Waals surface area contributed by atoms with Crippen LogP contribution in [-0.4, -0.2) is 29.5 Å². The first kappa shape index (κ1) is 17.1. The topological polar surface area (TPSA) is 53.5 Å². The van der Waals surface area contributed by atoms with Gasteiger partial charge in [0, 0.05) is 36.3 Å². The zero-order chi connectivity index (χ0) is 16.5. The predicted octanol–water partition coefficient (Wildman–Crippen LogP) is 2.30. The third kappa shape index (κ3) is 5.49. The van der Waals surface area contributed by atoms with E-state index < -0.39 is 10.8 Å². The SMILES string of the molecule is CN=C(NCCS(=O)c1ccccc1)NCc1ccccc1F. The summed E-state index contributed by atoms with van der Waals surface area (Å²) >= 11 is 0. The second-order valence-electron chi connectivity index (χ2n) is 4.81. The Kier molecular flexibility index (Phi) is 6.75. The van der Waals surface area contributed by atoms with E-state index in [0.717, 1.165) is 4.90 Å². The summed E-state index contributed by atoms with van der Waals surface area (Å²) in [7, 11) is 0.593. The average molecular weight is 333 g/mol. The molecule has 0 aromatic heterocycles. The summed E-state index contributed by atoms with van der Waals surface area (Å²) in [6, 6.07) is 15.9. The van der Waals surface area contributed by atoms with Crippen LogP contribution in [0, 0.1) is 5.82 Å². The van der Waals surface area contributed by atoms with Crippen molar-refractivity contribution in [3.8, 4) is 0 Å². The molecule has 2 N–H and O–H groups in total.